The Morgan fingerprint density at radius 2 is 1.69 bits per heavy atom. The first-order valence-electron chi connectivity index (χ1n) is 24.8. The van der Waals surface area contributed by atoms with Gasteiger partial charge in [-0.2, -0.15) is 5.10 Å². The molecule has 3 aromatic heterocycles. The highest BCUT2D eigenvalue weighted by Crippen LogP contribution is 2.35. The van der Waals surface area contributed by atoms with Crippen LogP contribution in [-0.4, -0.2) is 92.7 Å². The summed E-state index contributed by atoms with van der Waals surface area (Å²) in [6, 6.07) is 31.8. The molecule has 0 aliphatic carbocycles. The molecule has 3 N–H and O–H groups in total. The fourth-order valence-electron chi connectivity index (χ4n) is 11.0. The fourth-order valence-corrected chi connectivity index (χ4v) is 11.9. The maximum atomic E-state index is 13.6. The van der Waals surface area contributed by atoms with Gasteiger partial charge < -0.3 is 24.5 Å². The largest absolute Gasteiger partial charge is 0.489 e. The molecule has 4 aromatic carbocycles. The zero-order valence-corrected chi connectivity index (χ0v) is 40.6. The highest BCUT2D eigenvalue weighted by atomic mass is 32.1. The number of likely N-dealkylation sites (tertiary alicyclic amines) is 1. The van der Waals surface area contributed by atoms with Gasteiger partial charge in [-0.3, -0.25) is 29.7 Å². The molecule has 0 saturated carbocycles. The molecule has 0 bridgehead atoms. The molecule has 3 amide bonds. The number of aromatic nitrogens is 4. The van der Waals surface area contributed by atoms with Crippen LogP contribution in [0.25, 0.3) is 21.1 Å². The number of hydrogen-bond donors (Lipinski definition) is 3. The van der Waals surface area contributed by atoms with E-state index in [9.17, 15) is 24.3 Å². The van der Waals surface area contributed by atoms with Crippen LogP contribution in [0, 0.1) is 11.8 Å². The molecule has 2 atom stereocenters. The van der Waals surface area contributed by atoms with Gasteiger partial charge in [-0.15, -0.1) is 0 Å². The normalized spacial score (nSPS) is 18.8. The molecule has 0 spiro atoms. The lowest BCUT2D eigenvalue weighted by Crippen LogP contribution is -2.39. The van der Waals surface area contributed by atoms with E-state index in [1.807, 2.05) is 77.3 Å². The van der Waals surface area contributed by atoms with Crippen molar-refractivity contribution >= 4 is 72.8 Å². The number of aromatic carboxylic acids is 1. The van der Waals surface area contributed by atoms with Crippen molar-refractivity contribution in [1.82, 2.24) is 30.0 Å². The van der Waals surface area contributed by atoms with Crippen LogP contribution in [0.2, 0.25) is 0 Å². The van der Waals surface area contributed by atoms with Crippen LogP contribution in [0.5, 0.6) is 5.75 Å². The molecule has 16 heteroatoms. The number of imide groups is 1. The van der Waals surface area contributed by atoms with Crippen LogP contribution < -0.4 is 25.2 Å². The number of carboxylic acids is 1. The van der Waals surface area contributed by atoms with E-state index in [1.54, 1.807) is 6.07 Å². The number of carbonyl (C=O) groups excluding carboxylic acids is 3. The Morgan fingerprint density at radius 3 is 2.51 bits per heavy atom. The minimum Gasteiger partial charge on any atom is -0.489 e. The summed E-state index contributed by atoms with van der Waals surface area (Å²) < 4.78 is 8.99. The quantitative estimate of drug-likeness (QED) is 0.0890. The van der Waals surface area contributed by atoms with Crippen LogP contribution in [0.3, 0.4) is 0 Å². The van der Waals surface area contributed by atoms with E-state index >= 15 is 0 Å². The summed E-state index contributed by atoms with van der Waals surface area (Å²) in [5, 5.41) is 22.0. The number of nitrogens with zero attached hydrogens (tertiary/aromatic N) is 7. The van der Waals surface area contributed by atoms with E-state index in [2.05, 4.69) is 60.7 Å². The SMILES string of the molecule is Cn1nc(C2CCC(=O)NC2=O)c2ccc(N3CCC(CN4CCC(CCc5ccc(OCc6ccc(N7CCc8cccc(C(=O)Nc9nc%10ccccc%10s9)c8C7)nc6C(=O)O)cc5)CC4)C3)cc21. The molecule has 71 heavy (non-hydrogen) atoms. The lowest BCUT2D eigenvalue weighted by Gasteiger charge is -2.33. The first-order valence-corrected chi connectivity index (χ1v) is 25.7. The Labute approximate surface area is 415 Å². The summed E-state index contributed by atoms with van der Waals surface area (Å²) >= 11 is 1.43. The molecule has 4 aliphatic rings. The van der Waals surface area contributed by atoms with Gasteiger partial charge in [-0.1, -0.05) is 47.7 Å². The Kier molecular flexibility index (Phi) is 13.0. The van der Waals surface area contributed by atoms with Crippen molar-refractivity contribution in [3.05, 3.63) is 136 Å². The highest BCUT2D eigenvalue weighted by Gasteiger charge is 2.33. The number of carboxylic acid groups (broad SMARTS) is 1. The number of anilines is 3. The number of carbonyl (C=O) groups is 4. The predicted molar refractivity (Wildman–Crippen MR) is 274 cm³/mol. The second kappa shape index (κ2) is 19.9. The zero-order chi connectivity index (χ0) is 48.6. The topological polar surface area (TPSA) is 175 Å². The first kappa shape index (κ1) is 46.2. The number of rotatable bonds is 14. The molecule has 15 nitrogen and oxygen atoms in total. The smallest absolute Gasteiger partial charge is 0.354 e. The molecule has 2 unspecified atom stereocenters. The van der Waals surface area contributed by atoms with Crippen LogP contribution >= 0.6 is 11.3 Å². The maximum Gasteiger partial charge on any atom is 0.354 e. The van der Waals surface area contributed by atoms with Crippen molar-refractivity contribution in [3.8, 4) is 5.75 Å². The summed E-state index contributed by atoms with van der Waals surface area (Å²) in [4.78, 5) is 66.8. The number of hydrogen-bond acceptors (Lipinski definition) is 12. The minimum absolute atomic E-state index is 0.0494. The van der Waals surface area contributed by atoms with Gasteiger partial charge in [0.05, 0.1) is 27.3 Å². The molecule has 11 rings (SSSR count). The Hall–Kier alpha value is -7.17. The molecule has 7 heterocycles. The monoisotopic (exact) mass is 971 g/mol. The van der Waals surface area contributed by atoms with Gasteiger partial charge in [0.1, 0.15) is 18.2 Å². The van der Waals surface area contributed by atoms with E-state index in [-0.39, 0.29) is 30.0 Å². The van der Waals surface area contributed by atoms with Gasteiger partial charge >= 0.3 is 5.97 Å². The van der Waals surface area contributed by atoms with Crippen LogP contribution in [-0.2, 0) is 42.6 Å². The van der Waals surface area contributed by atoms with Crippen LogP contribution in [0.15, 0.2) is 97.1 Å². The van der Waals surface area contributed by atoms with Crippen molar-refractivity contribution in [2.45, 2.75) is 70.4 Å². The van der Waals surface area contributed by atoms with Crippen molar-refractivity contribution in [2.24, 2.45) is 18.9 Å². The summed E-state index contributed by atoms with van der Waals surface area (Å²) in [6.45, 7) is 6.55. The lowest BCUT2D eigenvalue weighted by molar-refractivity contribution is -0.134. The number of nitrogens with one attached hydrogen (secondary N) is 2. The van der Waals surface area contributed by atoms with Crippen molar-refractivity contribution in [2.75, 3.05) is 54.4 Å². The molecule has 3 saturated heterocycles. The number of para-hydroxylation sites is 1. The molecule has 3 fully saturated rings. The lowest BCUT2D eigenvalue weighted by atomic mass is 9.90. The number of amides is 3. The number of fused-ring (bicyclic) bond motifs is 3. The highest BCUT2D eigenvalue weighted by molar-refractivity contribution is 7.22. The predicted octanol–water partition coefficient (Wildman–Crippen LogP) is 8.36. The van der Waals surface area contributed by atoms with Crippen LogP contribution in [0.1, 0.15) is 93.2 Å². The standard InChI is InChI=1S/C55H57N9O6S/c1-61-46-29-39(14-17-42(46)51(60-61)43-18-20-49(65)58-53(43)67)63-27-23-36(31-63)30-62-25-21-35(22-26-62)10-9-34-11-15-40(16-12-34)70-33-38-13-19-48(57-50(38)54(68)69)64-28-24-37-5-4-6-41(44(37)32-64)52(66)59-55-56-45-7-2-3-8-47(45)71-55/h2-8,11-17,19,29,35-36,43H,9-10,18,20-28,30-33H2,1H3,(H,68,69)(H,56,59,66)(H,58,65,67). The summed E-state index contributed by atoms with van der Waals surface area (Å²) in [7, 11) is 1.92. The number of piperidine rings is 2. The van der Waals surface area contributed by atoms with E-state index in [0.717, 1.165) is 83.5 Å². The second-order valence-electron chi connectivity index (χ2n) is 19.6. The second-order valence-corrected chi connectivity index (χ2v) is 20.6. The Bertz CT molecular complexity index is 3130. The van der Waals surface area contributed by atoms with Gasteiger partial charge in [-0.05, 0) is 147 Å². The number of pyridine rings is 1. The van der Waals surface area contributed by atoms with Gasteiger partial charge in [0, 0.05) is 68.4 Å². The molecule has 4 aliphatic heterocycles. The molecular weight excluding hydrogens is 915 g/mol. The Balaban J connectivity index is 0.632. The van der Waals surface area contributed by atoms with Crippen molar-refractivity contribution in [3.63, 3.8) is 0 Å². The molecule has 364 valence electrons. The average Bonchev–Trinajstić information content (AvgIpc) is 4.12. The average molecular weight is 972 g/mol. The van der Waals surface area contributed by atoms with Gasteiger partial charge in [0.2, 0.25) is 11.8 Å². The number of ether oxygens (including phenoxy) is 1. The third-order valence-electron chi connectivity index (χ3n) is 15.0. The Morgan fingerprint density at radius 1 is 0.859 bits per heavy atom. The zero-order valence-electron chi connectivity index (χ0n) is 39.8. The van der Waals surface area contributed by atoms with Crippen LogP contribution in [0.4, 0.5) is 16.6 Å². The van der Waals surface area contributed by atoms with Gasteiger partial charge in [-0.25, -0.2) is 14.8 Å². The minimum atomic E-state index is -1.12. The molecule has 7 aromatic rings. The third kappa shape index (κ3) is 9.95. The number of aryl methyl sites for hydroxylation is 2. The van der Waals surface area contributed by atoms with Crippen molar-refractivity contribution in [1.29, 1.82) is 0 Å². The van der Waals surface area contributed by atoms with E-state index in [4.69, 9.17) is 9.84 Å². The molecule has 0 radical (unpaired) electrons. The van der Waals surface area contributed by atoms with E-state index < -0.39 is 11.9 Å². The summed E-state index contributed by atoms with van der Waals surface area (Å²) in [6.07, 6.45) is 7.25. The first-order chi connectivity index (χ1) is 34.6. The maximum absolute atomic E-state index is 13.6. The van der Waals surface area contributed by atoms with Crippen molar-refractivity contribution < 1.29 is 29.0 Å². The third-order valence-corrected chi connectivity index (χ3v) is 15.9. The fraction of sp³-hybridized carbons (Fsp3) is 0.364. The number of benzene rings is 4. The van der Waals surface area contributed by atoms with Gasteiger partial charge in [0.15, 0.2) is 10.8 Å². The van der Waals surface area contributed by atoms with Gasteiger partial charge in [0.25, 0.3) is 5.91 Å². The van der Waals surface area contributed by atoms with E-state index in [1.165, 1.54) is 41.9 Å². The summed E-state index contributed by atoms with van der Waals surface area (Å²) in [5.74, 6) is 0.302. The summed E-state index contributed by atoms with van der Waals surface area (Å²) in [5.41, 5.74) is 8.03. The number of thiazole rings is 1. The van der Waals surface area contributed by atoms with E-state index in [0.29, 0.717) is 72.0 Å². The molecular formula is C55H57N9O6S.